The molecule has 1 aliphatic rings. The number of hydrogen-bond donors (Lipinski definition) is 1. The number of benzene rings is 2. The van der Waals surface area contributed by atoms with E-state index < -0.39 is 0 Å². The van der Waals surface area contributed by atoms with Crippen molar-refractivity contribution in [3.05, 3.63) is 64.8 Å². The van der Waals surface area contributed by atoms with Gasteiger partial charge in [-0.25, -0.2) is 4.39 Å². The Morgan fingerprint density at radius 3 is 2.57 bits per heavy atom. The van der Waals surface area contributed by atoms with Crippen LogP contribution in [0.4, 0.5) is 10.1 Å². The van der Waals surface area contributed by atoms with Gasteiger partial charge in [0.05, 0.1) is 35.7 Å². The number of ether oxygens (including phenoxy) is 2. The van der Waals surface area contributed by atoms with Gasteiger partial charge in [0, 0.05) is 37.2 Å². The van der Waals surface area contributed by atoms with Gasteiger partial charge in [0.2, 0.25) is 0 Å². The molecule has 0 bridgehead atoms. The van der Waals surface area contributed by atoms with Gasteiger partial charge in [-0.2, -0.15) is 0 Å². The summed E-state index contributed by atoms with van der Waals surface area (Å²) in [6.45, 7) is 6.58. The normalized spacial score (nSPS) is 13.9. The molecule has 0 saturated carbocycles. The number of nitrogens with one attached hydrogen (secondary N) is 1. The van der Waals surface area contributed by atoms with Gasteiger partial charge in [-0.3, -0.25) is 4.79 Å². The highest BCUT2D eigenvalue weighted by Crippen LogP contribution is 2.41. The number of nitrogens with zero attached hydrogens (tertiary/aromatic N) is 2. The number of hydrogen-bond acceptors (Lipinski definition) is 7. The number of morpholine rings is 1. The van der Waals surface area contributed by atoms with Crippen molar-refractivity contribution in [1.82, 2.24) is 10.5 Å². The molecule has 4 aromatic rings. The van der Waals surface area contributed by atoms with E-state index in [0.717, 1.165) is 16.9 Å². The fourth-order valence-corrected chi connectivity index (χ4v) is 4.29. The minimum absolute atomic E-state index is 0.266. The second-order valence-electron chi connectivity index (χ2n) is 8.40. The number of rotatable bonds is 6. The van der Waals surface area contributed by atoms with Crippen LogP contribution in [0.25, 0.3) is 22.3 Å². The summed E-state index contributed by atoms with van der Waals surface area (Å²) in [6.07, 6.45) is 0. The van der Waals surface area contributed by atoms with Crippen molar-refractivity contribution in [3.63, 3.8) is 0 Å². The highest BCUT2D eigenvalue weighted by atomic mass is 19.1. The predicted molar refractivity (Wildman–Crippen MR) is 128 cm³/mol. The number of furan rings is 1. The van der Waals surface area contributed by atoms with E-state index in [1.54, 1.807) is 19.2 Å². The number of halogens is 1. The number of fused-ring (bicyclic) bond motifs is 1. The molecule has 1 amide bonds. The van der Waals surface area contributed by atoms with Gasteiger partial charge in [-0.1, -0.05) is 5.16 Å². The van der Waals surface area contributed by atoms with E-state index in [1.807, 2.05) is 26.0 Å². The van der Waals surface area contributed by atoms with E-state index in [-0.39, 0.29) is 18.3 Å². The van der Waals surface area contributed by atoms with Crippen molar-refractivity contribution in [3.8, 4) is 17.1 Å². The average Bonchev–Trinajstić information content (AvgIpc) is 3.41. The van der Waals surface area contributed by atoms with E-state index in [0.29, 0.717) is 65.7 Å². The maximum atomic E-state index is 13.5. The SMILES string of the molecule is CNC(=O)c1c(-c2ccc(F)cc2)oc2cc(N3CCOCC3)c(OCc3c(C)noc3C)cc12. The van der Waals surface area contributed by atoms with E-state index in [9.17, 15) is 9.18 Å². The van der Waals surface area contributed by atoms with Crippen LogP contribution in [0.15, 0.2) is 45.3 Å². The number of carbonyl (C=O) groups is 1. The zero-order valence-electron chi connectivity index (χ0n) is 19.8. The molecular weight excluding hydrogens is 453 g/mol. The lowest BCUT2D eigenvalue weighted by atomic mass is 10.0. The summed E-state index contributed by atoms with van der Waals surface area (Å²) in [5.41, 5.74) is 4.00. The molecule has 1 fully saturated rings. The van der Waals surface area contributed by atoms with Crippen LogP contribution in [0.1, 0.15) is 27.4 Å². The Kier molecular flexibility index (Phi) is 6.17. The van der Waals surface area contributed by atoms with E-state index in [4.69, 9.17) is 18.4 Å². The maximum absolute atomic E-state index is 13.5. The van der Waals surface area contributed by atoms with Crippen LogP contribution in [-0.4, -0.2) is 44.4 Å². The monoisotopic (exact) mass is 479 g/mol. The molecule has 0 aliphatic carbocycles. The third-order valence-corrected chi connectivity index (χ3v) is 6.24. The molecule has 5 rings (SSSR count). The lowest BCUT2D eigenvalue weighted by Gasteiger charge is -2.30. The van der Waals surface area contributed by atoms with Gasteiger partial charge < -0.3 is 28.6 Å². The molecule has 1 saturated heterocycles. The molecule has 1 N–H and O–H groups in total. The number of amides is 1. The quantitative estimate of drug-likeness (QED) is 0.432. The van der Waals surface area contributed by atoms with Crippen LogP contribution in [0.3, 0.4) is 0 Å². The maximum Gasteiger partial charge on any atom is 0.255 e. The molecule has 0 spiro atoms. The van der Waals surface area contributed by atoms with Crippen LogP contribution >= 0.6 is 0 Å². The van der Waals surface area contributed by atoms with Crippen LogP contribution < -0.4 is 15.0 Å². The first-order valence-corrected chi connectivity index (χ1v) is 11.4. The van der Waals surface area contributed by atoms with Crippen molar-refractivity contribution < 1.29 is 27.6 Å². The van der Waals surface area contributed by atoms with Crippen molar-refractivity contribution in [2.24, 2.45) is 0 Å². The van der Waals surface area contributed by atoms with Gasteiger partial charge >= 0.3 is 0 Å². The van der Waals surface area contributed by atoms with Crippen molar-refractivity contribution >= 4 is 22.6 Å². The third-order valence-electron chi connectivity index (χ3n) is 6.24. The minimum atomic E-state index is -0.365. The highest BCUT2D eigenvalue weighted by Gasteiger charge is 2.26. The smallest absolute Gasteiger partial charge is 0.255 e. The van der Waals surface area contributed by atoms with Gasteiger partial charge in [-0.05, 0) is 44.2 Å². The predicted octanol–water partition coefficient (Wildman–Crippen LogP) is 4.62. The Morgan fingerprint density at radius 2 is 1.91 bits per heavy atom. The molecule has 2 aromatic heterocycles. The van der Waals surface area contributed by atoms with Crippen molar-refractivity contribution in [2.45, 2.75) is 20.5 Å². The van der Waals surface area contributed by atoms with Gasteiger partial charge in [0.1, 0.15) is 35.3 Å². The average molecular weight is 480 g/mol. The molecule has 1 aliphatic heterocycles. The molecular formula is C26H26FN3O5. The third kappa shape index (κ3) is 4.35. The number of anilines is 1. The number of carbonyl (C=O) groups excluding carboxylic acids is 1. The Morgan fingerprint density at radius 1 is 1.17 bits per heavy atom. The molecule has 2 aromatic carbocycles. The Labute approximate surface area is 201 Å². The molecule has 0 atom stereocenters. The summed E-state index contributed by atoms with van der Waals surface area (Å²) in [6, 6.07) is 9.59. The van der Waals surface area contributed by atoms with E-state index in [1.165, 1.54) is 12.1 Å². The first-order valence-electron chi connectivity index (χ1n) is 11.4. The van der Waals surface area contributed by atoms with Crippen molar-refractivity contribution in [2.75, 3.05) is 38.3 Å². The second kappa shape index (κ2) is 9.42. The summed E-state index contributed by atoms with van der Waals surface area (Å²) in [4.78, 5) is 15.1. The molecule has 3 heterocycles. The van der Waals surface area contributed by atoms with Crippen LogP contribution in [0.5, 0.6) is 5.75 Å². The zero-order valence-corrected chi connectivity index (χ0v) is 19.8. The molecule has 35 heavy (non-hydrogen) atoms. The fraction of sp³-hybridized carbons (Fsp3) is 0.308. The van der Waals surface area contributed by atoms with Crippen LogP contribution in [-0.2, 0) is 11.3 Å². The number of aromatic nitrogens is 1. The molecule has 8 nitrogen and oxygen atoms in total. The second-order valence-corrected chi connectivity index (χ2v) is 8.40. The summed E-state index contributed by atoms with van der Waals surface area (Å²) in [5.74, 6) is 1.01. The van der Waals surface area contributed by atoms with Gasteiger partial charge in [0.15, 0.2) is 0 Å². The molecule has 9 heteroatoms. The Balaban J connectivity index is 1.65. The summed E-state index contributed by atoms with van der Waals surface area (Å²) < 4.78 is 36.8. The lowest BCUT2D eigenvalue weighted by Crippen LogP contribution is -2.36. The van der Waals surface area contributed by atoms with Crippen LogP contribution in [0.2, 0.25) is 0 Å². The first kappa shape index (κ1) is 22.9. The molecule has 0 unspecified atom stereocenters. The van der Waals surface area contributed by atoms with E-state index in [2.05, 4.69) is 15.4 Å². The van der Waals surface area contributed by atoms with Gasteiger partial charge in [0.25, 0.3) is 5.91 Å². The minimum Gasteiger partial charge on any atom is -0.486 e. The molecule has 0 radical (unpaired) electrons. The zero-order chi connectivity index (χ0) is 24.5. The summed E-state index contributed by atoms with van der Waals surface area (Å²) in [5, 5.41) is 7.30. The summed E-state index contributed by atoms with van der Waals surface area (Å²) >= 11 is 0. The first-order chi connectivity index (χ1) is 17.0. The standard InChI is InChI=1S/C26H26FN3O5/c1-15-20(16(2)35-29-15)14-33-23-12-19-22(13-21(23)30-8-10-32-11-9-30)34-25(24(19)26(31)28-3)17-4-6-18(27)7-5-17/h4-7,12-13H,8-11,14H2,1-3H3,(H,28,31). The Hall–Kier alpha value is -3.85. The topological polar surface area (TPSA) is 90.0 Å². The van der Waals surface area contributed by atoms with Gasteiger partial charge in [-0.15, -0.1) is 0 Å². The van der Waals surface area contributed by atoms with Crippen molar-refractivity contribution in [1.29, 1.82) is 0 Å². The Bertz CT molecular complexity index is 1350. The van der Waals surface area contributed by atoms with Crippen LogP contribution in [0, 0.1) is 19.7 Å². The van der Waals surface area contributed by atoms with E-state index >= 15 is 0 Å². The number of aryl methyl sites for hydroxylation is 2. The molecule has 182 valence electrons. The lowest BCUT2D eigenvalue weighted by molar-refractivity contribution is 0.0964. The summed E-state index contributed by atoms with van der Waals surface area (Å²) in [7, 11) is 1.56. The highest BCUT2D eigenvalue weighted by molar-refractivity contribution is 6.12. The largest absolute Gasteiger partial charge is 0.486 e. The fourth-order valence-electron chi connectivity index (χ4n) is 4.29.